The summed E-state index contributed by atoms with van der Waals surface area (Å²) in [4.78, 5) is 14.4. The van der Waals surface area contributed by atoms with Crippen LogP contribution in [0.4, 0.5) is 10.5 Å². The van der Waals surface area contributed by atoms with Gasteiger partial charge < -0.3 is 19.5 Å². The van der Waals surface area contributed by atoms with Crippen molar-refractivity contribution >= 4 is 11.8 Å². The molecule has 8 heteroatoms. The summed E-state index contributed by atoms with van der Waals surface area (Å²) in [5, 5.41) is 8.11. The minimum atomic E-state index is -0.364. The van der Waals surface area contributed by atoms with E-state index in [1.54, 1.807) is 12.0 Å². The minimum absolute atomic E-state index is 0.0353. The minimum Gasteiger partial charge on any atom is -0.497 e. The van der Waals surface area contributed by atoms with E-state index in [4.69, 9.17) is 19.3 Å². The molecule has 35 heavy (non-hydrogen) atoms. The topological polar surface area (TPSA) is 77.9 Å². The number of carbonyl (C=O) groups excluding carboxylic acids is 1. The molecule has 0 aliphatic carbocycles. The Morgan fingerprint density at radius 3 is 2.66 bits per heavy atom. The number of methoxy groups -OCH3 is 2. The SMILES string of the molecule is COC(=O)N1c2ccc(-c3cnn(C4CCNCC4)c3)c(Oc3cccc(OC)c3)c2CCC1C. The van der Waals surface area contributed by atoms with E-state index in [1.165, 1.54) is 7.11 Å². The van der Waals surface area contributed by atoms with Crippen molar-refractivity contribution in [3.63, 3.8) is 0 Å². The first-order chi connectivity index (χ1) is 17.1. The highest BCUT2D eigenvalue weighted by atomic mass is 16.5. The summed E-state index contributed by atoms with van der Waals surface area (Å²) in [5.74, 6) is 2.13. The van der Waals surface area contributed by atoms with E-state index in [0.717, 1.165) is 72.6 Å². The zero-order valence-corrected chi connectivity index (χ0v) is 20.5. The molecular formula is C27H32N4O4. The average Bonchev–Trinajstić information content (AvgIpc) is 3.39. The van der Waals surface area contributed by atoms with Crippen molar-refractivity contribution in [2.45, 2.75) is 44.7 Å². The smallest absolute Gasteiger partial charge is 0.414 e. The lowest BCUT2D eigenvalue weighted by atomic mass is 9.92. The van der Waals surface area contributed by atoms with Gasteiger partial charge >= 0.3 is 6.09 Å². The summed E-state index contributed by atoms with van der Waals surface area (Å²) < 4.78 is 19.1. The normalized spacial score (nSPS) is 18.1. The van der Waals surface area contributed by atoms with Gasteiger partial charge in [0.25, 0.3) is 0 Å². The van der Waals surface area contributed by atoms with Crippen molar-refractivity contribution in [2.75, 3.05) is 32.2 Å². The predicted molar refractivity (Wildman–Crippen MR) is 135 cm³/mol. The van der Waals surface area contributed by atoms with Crippen LogP contribution in [0.15, 0.2) is 48.8 Å². The Labute approximate surface area is 205 Å². The van der Waals surface area contributed by atoms with Crippen LogP contribution in [-0.2, 0) is 11.2 Å². The number of aromatic nitrogens is 2. The monoisotopic (exact) mass is 476 g/mol. The summed E-state index contributed by atoms with van der Waals surface area (Å²) in [6, 6.07) is 12.0. The largest absolute Gasteiger partial charge is 0.497 e. The maximum absolute atomic E-state index is 12.7. The Morgan fingerprint density at radius 1 is 1.09 bits per heavy atom. The fraction of sp³-hybridized carbons (Fsp3) is 0.407. The number of hydrogen-bond donors (Lipinski definition) is 1. The first-order valence-electron chi connectivity index (χ1n) is 12.2. The van der Waals surface area contributed by atoms with Gasteiger partial charge in [0.2, 0.25) is 0 Å². The van der Waals surface area contributed by atoms with E-state index in [9.17, 15) is 4.79 Å². The van der Waals surface area contributed by atoms with Gasteiger partial charge in [-0.15, -0.1) is 0 Å². The van der Waals surface area contributed by atoms with Crippen molar-refractivity contribution < 1.29 is 19.0 Å². The molecule has 5 rings (SSSR count). The Bertz CT molecular complexity index is 1200. The zero-order chi connectivity index (χ0) is 24.4. The molecule has 2 aromatic carbocycles. The number of fused-ring (bicyclic) bond motifs is 1. The van der Waals surface area contributed by atoms with Crippen LogP contribution < -0.4 is 19.7 Å². The Hall–Kier alpha value is -3.52. The van der Waals surface area contributed by atoms with Crippen LogP contribution >= 0.6 is 0 Å². The van der Waals surface area contributed by atoms with E-state index in [2.05, 4.69) is 16.2 Å². The number of benzene rings is 2. The Kier molecular flexibility index (Phi) is 6.63. The van der Waals surface area contributed by atoms with Crippen LogP contribution in [0.1, 0.15) is 37.8 Å². The summed E-state index contributed by atoms with van der Waals surface area (Å²) in [5.41, 5.74) is 3.75. The van der Waals surface area contributed by atoms with Gasteiger partial charge in [0.1, 0.15) is 17.2 Å². The van der Waals surface area contributed by atoms with Gasteiger partial charge in [-0.2, -0.15) is 5.10 Å². The maximum atomic E-state index is 12.7. The van der Waals surface area contributed by atoms with Crippen molar-refractivity contribution in [2.24, 2.45) is 0 Å². The second-order valence-electron chi connectivity index (χ2n) is 9.14. The van der Waals surface area contributed by atoms with E-state index < -0.39 is 0 Å². The zero-order valence-electron chi connectivity index (χ0n) is 20.5. The molecule has 0 bridgehead atoms. The van der Waals surface area contributed by atoms with Crippen LogP contribution in [-0.4, -0.2) is 49.2 Å². The third-order valence-corrected chi connectivity index (χ3v) is 6.98. The molecule has 0 saturated carbocycles. The number of anilines is 1. The van der Waals surface area contributed by atoms with Crippen LogP contribution in [0.5, 0.6) is 17.2 Å². The van der Waals surface area contributed by atoms with E-state index >= 15 is 0 Å². The number of piperidine rings is 1. The third-order valence-electron chi connectivity index (χ3n) is 6.98. The number of carbonyl (C=O) groups is 1. The standard InChI is InChI=1S/C27H32N4O4/c1-18-7-8-24-25(31(18)27(32)34-3)10-9-23(26(24)35-22-6-4-5-21(15-22)33-2)19-16-29-30(17-19)20-11-13-28-14-12-20/h4-6,9-10,15-18,20,28H,7-8,11-14H2,1-3H3. The second kappa shape index (κ2) is 10.00. The van der Waals surface area contributed by atoms with Gasteiger partial charge in [-0.1, -0.05) is 6.07 Å². The predicted octanol–water partition coefficient (Wildman–Crippen LogP) is 5.18. The number of ether oxygens (including phenoxy) is 3. The first-order valence-corrected chi connectivity index (χ1v) is 12.2. The van der Waals surface area contributed by atoms with Crippen LogP contribution in [0.25, 0.3) is 11.1 Å². The van der Waals surface area contributed by atoms with Gasteiger partial charge in [0, 0.05) is 35.0 Å². The summed E-state index contributed by atoms with van der Waals surface area (Å²) >= 11 is 0. The van der Waals surface area contributed by atoms with E-state index in [-0.39, 0.29) is 12.1 Å². The van der Waals surface area contributed by atoms with Gasteiger partial charge in [0.05, 0.1) is 32.1 Å². The third kappa shape index (κ3) is 4.58. The van der Waals surface area contributed by atoms with Crippen molar-refractivity contribution in [1.29, 1.82) is 0 Å². The quantitative estimate of drug-likeness (QED) is 0.547. The molecule has 1 N–H and O–H groups in total. The molecule has 0 radical (unpaired) electrons. The molecule has 2 aliphatic heterocycles. The van der Waals surface area contributed by atoms with Gasteiger partial charge in [-0.3, -0.25) is 9.58 Å². The highest BCUT2D eigenvalue weighted by Gasteiger charge is 2.32. The number of rotatable bonds is 5. The lowest BCUT2D eigenvalue weighted by molar-refractivity contribution is 0.175. The molecule has 1 atom stereocenters. The molecule has 1 unspecified atom stereocenters. The molecular weight excluding hydrogens is 444 g/mol. The Morgan fingerprint density at radius 2 is 1.89 bits per heavy atom. The molecule has 184 valence electrons. The summed E-state index contributed by atoms with van der Waals surface area (Å²) in [6.45, 7) is 4.05. The number of nitrogens with one attached hydrogen (secondary N) is 1. The molecule has 3 aromatic rings. The number of amides is 1. The summed E-state index contributed by atoms with van der Waals surface area (Å²) in [7, 11) is 3.06. The fourth-order valence-corrected chi connectivity index (χ4v) is 5.06. The molecule has 8 nitrogen and oxygen atoms in total. The molecule has 1 aromatic heterocycles. The molecule has 1 saturated heterocycles. The van der Waals surface area contributed by atoms with Gasteiger partial charge in [-0.25, -0.2) is 4.79 Å². The lowest BCUT2D eigenvalue weighted by Gasteiger charge is -2.35. The van der Waals surface area contributed by atoms with Crippen molar-refractivity contribution in [1.82, 2.24) is 15.1 Å². The Balaban J connectivity index is 1.60. The highest BCUT2D eigenvalue weighted by Crippen LogP contribution is 2.45. The second-order valence-corrected chi connectivity index (χ2v) is 9.14. The van der Waals surface area contributed by atoms with Gasteiger partial charge in [-0.05, 0) is 70.0 Å². The van der Waals surface area contributed by atoms with E-state index in [1.807, 2.05) is 49.5 Å². The summed E-state index contributed by atoms with van der Waals surface area (Å²) in [6.07, 6.45) is 7.38. The maximum Gasteiger partial charge on any atom is 0.414 e. The average molecular weight is 477 g/mol. The molecule has 1 amide bonds. The fourth-order valence-electron chi connectivity index (χ4n) is 5.06. The molecule has 2 aliphatic rings. The number of nitrogens with zero attached hydrogens (tertiary/aromatic N) is 3. The first kappa shape index (κ1) is 23.2. The highest BCUT2D eigenvalue weighted by molar-refractivity contribution is 5.92. The lowest BCUT2D eigenvalue weighted by Crippen LogP contribution is -2.42. The molecule has 3 heterocycles. The van der Waals surface area contributed by atoms with Crippen molar-refractivity contribution in [3.8, 4) is 28.4 Å². The van der Waals surface area contributed by atoms with Crippen LogP contribution in [0.3, 0.4) is 0 Å². The van der Waals surface area contributed by atoms with E-state index in [0.29, 0.717) is 11.8 Å². The molecule has 1 fully saturated rings. The molecule has 0 spiro atoms. The van der Waals surface area contributed by atoms with Crippen LogP contribution in [0, 0.1) is 0 Å². The van der Waals surface area contributed by atoms with Gasteiger partial charge in [0.15, 0.2) is 0 Å². The number of hydrogen-bond acceptors (Lipinski definition) is 6. The van der Waals surface area contributed by atoms with Crippen LogP contribution in [0.2, 0.25) is 0 Å². The van der Waals surface area contributed by atoms with Crippen molar-refractivity contribution in [3.05, 3.63) is 54.4 Å².